The monoisotopic (exact) mass is 459 g/mol. The normalized spacial score (nSPS) is 12.5. The summed E-state index contributed by atoms with van der Waals surface area (Å²) in [6.45, 7) is 0. The molecule has 1 amide bonds. The Morgan fingerprint density at radius 3 is 2.36 bits per heavy atom. The summed E-state index contributed by atoms with van der Waals surface area (Å²) in [7, 11) is 1.39. The standard InChI is InChI=1S/C23H17F4N3O3/c1-32-20(15-5-3-2-4-6-15)22(31)29-21-19(30-13-16(24)9-12-18(30)28-21)14-7-10-17(11-8-14)33-23(25,26)27/h2-13,20H,1H3,(H,29,31)/t20-/m1/s1. The van der Waals surface area contributed by atoms with Crippen LogP contribution in [0.3, 0.4) is 0 Å². The summed E-state index contributed by atoms with van der Waals surface area (Å²) < 4.78 is 62.1. The number of nitrogens with one attached hydrogen (secondary N) is 1. The van der Waals surface area contributed by atoms with Gasteiger partial charge in [0.1, 0.15) is 17.2 Å². The molecule has 1 N–H and O–H groups in total. The fourth-order valence-electron chi connectivity index (χ4n) is 3.40. The molecule has 0 aliphatic carbocycles. The highest BCUT2D eigenvalue weighted by Gasteiger charge is 2.31. The van der Waals surface area contributed by atoms with E-state index in [1.165, 1.54) is 42.0 Å². The highest BCUT2D eigenvalue weighted by molar-refractivity contribution is 5.97. The molecular weight excluding hydrogens is 442 g/mol. The molecule has 0 aliphatic heterocycles. The van der Waals surface area contributed by atoms with Crippen molar-refractivity contribution in [1.29, 1.82) is 0 Å². The molecule has 0 aliphatic rings. The number of anilines is 1. The zero-order chi connectivity index (χ0) is 23.6. The first kappa shape index (κ1) is 22.3. The van der Waals surface area contributed by atoms with Gasteiger partial charge in [-0.2, -0.15) is 0 Å². The van der Waals surface area contributed by atoms with Crippen molar-refractivity contribution in [3.63, 3.8) is 0 Å². The number of nitrogens with zero attached hydrogens (tertiary/aromatic N) is 2. The van der Waals surface area contributed by atoms with Gasteiger partial charge in [0.25, 0.3) is 5.91 Å². The lowest BCUT2D eigenvalue weighted by Gasteiger charge is -2.15. The van der Waals surface area contributed by atoms with Gasteiger partial charge < -0.3 is 14.8 Å². The van der Waals surface area contributed by atoms with Crippen molar-refractivity contribution in [2.75, 3.05) is 12.4 Å². The van der Waals surface area contributed by atoms with Gasteiger partial charge in [0, 0.05) is 18.9 Å². The molecule has 33 heavy (non-hydrogen) atoms. The van der Waals surface area contributed by atoms with Crippen molar-refractivity contribution in [3.05, 3.63) is 84.3 Å². The third-order valence-corrected chi connectivity index (χ3v) is 4.76. The van der Waals surface area contributed by atoms with Gasteiger partial charge in [0.15, 0.2) is 11.9 Å². The predicted molar refractivity (Wildman–Crippen MR) is 112 cm³/mol. The number of pyridine rings is 1. The third kappa shape index (κ3) is 4.96. The number of hydrogen-bond donors (Lipinski definition) is 1. The molecular formula is C23H17F4N3O3. The van der Waals surface area contributed by atoms with Gasteiger partial charge in [-0.05, 0) is 42.0 Å². The Hall–Kier alpha value is -3.92. The molecule has 4 aromatic rings. The van der Waals surface area contributed by atoms with Crippen molar-refractivity contribution >= 4 is 17.4 Å². The molecule has 2 aromatic carbocycles. The van der Waals surface area contributed by atoms with E-state index in [4.69, 9.17) is 4.74 Å². The average Bonchev–Trinajstić information content (AvgIpc) is 3.11. The van der Waals surface area contributed by atoms with Crippen LogP contribution in [0.5, 0.6) is 5.75 Å². The van der Waals surface area contributed by atoms with E-state index in [1.807, 2.05) is 0 Å². The number of alkyl halides is 3. The number of aromatic nitrogens is 2. The van der Waals surface area contributed by atoms with Crippen LogP contribution in [-0.2, 0) is 9.53 Å². The van der Waals surface area contributed by atoms with Crippen LogP contribution >= 0.6 is 0 Å². The summed E-state index contributed by atoms with van der Waals surface area (Å²) in [5.74, 6) is -1.41. The van der Waals surface area contributed by atoms with Crippen LogP contribution in [0.4, 0.5) is 23.4 Å². The molecule has 2 heterocycles. The van der Waals surface area contributed by atoms with Crippen LogP contribution in [0.2, 0.25) is 0 Å². The van der Waals surface area contributed by atoms with Crippen LogP contribution in [0.25, 0.3) is 16.9 Å². The summed E-state index contributed by atoms with van der Waals surface area (Å²) in [4.78, 5) is 17.3. The number of carbonyl (C=O) groups excluding carboxylic acids is 1. The number of rotatable bonds is 6. The maximum absolute atomic E-state index is 14.0. The lowest BCUT2D eigenvalue weighted by Crippen LogP contribution is -2.23. The first-order valence-electron chi connectivity index (χ1n) is 9.67. The molecule has 0 saturated carbocycles. The van der Waals surface area contributed by atoms with E-state index < -0.39 is 29.9 Å². The Balaban J connectivity index is 1.73. The fourth-order valence-corrected chi connectivity index (χ4v) is 3.40. The predicted octanol–water partition coefficient (Wildman–Crippen LogP) is 5.37. The molecule has 0 unspecified atom stereocenters. The van der Waals surface area contributed by atoms with Gasteiger partial charge in [-0.25, -0.2) is 9.37 Å². The van der Waals surface area contributed by atoms with Crippen LogP contribution in [-0.4, -0.2) is 28.8 Å². The summed E-state index contributed by atoms with van der Waals surface area (Å²) in [6.07, 6.45) is -4.61. The first-order valence-corrected chi connectivity index (χ1v) is 9.67. The maximum atomic E-state index is 14.0. The zero-order valence-electron chi connectivity index (χ0n) is 17.1. The Morgan fingerprint density at radius 2 is 1.73 bits per heavy atom. The Bertz CT molecular complexity index is 1270. The van der Waals surface area contributed by atoms with Crippen molar-refractivity contribution in [3.8, 4) is 17.0 Å². The highest BCUT2D eigenvalue weighted by Crippen LogP contribution is 2.33. The molecule has 1 atom stereocenters. The van der Waals surface area contributed by atoms with E-state index in [9.17, 15) is 22.4 Å². The van der Waals surface area contributed by atoms with Gasteiger partial charge in [-0.1, -0.05) is 30.3 Å². The number of carbonyl (C=O) groups is 1. The van der Waals surface area contributed by atoms with Crippen molar-refractivity contribution in [1.82, 2.24) is 9.38 Å². The Labute approximate surface area is 185 Å². The van der Waals surface area contributed by atoms with Crippen LogP contribution in [0, 0.1) is 5.82 Å². The minimum Gasteiger partial charge on any atom is -0.406 e. The number of benzene rings is 2. The molecule has 0 fully saturated rings. The number of halogens is 4. The van der Waals surface area contributed by atoms with Crippen molar-refractivity contribution < 1.29 is 31.8 Å². The number of imidazole rings is 1. The third-order valence-electron chi connectivity index (χ3n) is 4.76. The van der Waals surface area contributed by atoms with Crippen molar-refractivity contribution in [2.45, 2.75) is 12.5 Å². The molecule has 4 rings (SSSR count). The summed E-state index contributed by atoms with van der Waals surface area (Å²) in [5.41, 5.74) is 1.60. The van der Waals surface area contributed by atoms with E-state index >= 15 is 0 Å². The number of methoxy groups -OCH3 is 1. The lowest BCUT2D eigenvalue weighted by atomic mass is 10.1. The maximum Gasteiger partial charge on any atom is 0.573 e. The topological polar surface area (TPSA) is 64.9 Å². The fraction of sp³-hybridized carbons (Fsp3) is 0.130. The number of amides is 1. The molecule has 170 valence electrons. The van der Waals surface area contributed by atoms with Gasteiger partial charge >= 0.3 is 6.36 Å². The van der Waals surface area contributed by atoms with Crippen LogP contribution < -0.4 is 10.1 Å². The minimum absolute atomic E-state index is 0.0908. The zero-order valence-corrected chi connectivity index (χ0v) is 17.1. The van der Waals surface area contributed by atoms with E-state index in [0.717, 1.165) is 12.1 Å². The molecule has 10 heteroatoms. The second kappa shape index (κ2) is 8.91. The summed E-state index contributed by atoms with van der Waals surface area (Å²) in [5, 5.41) is 2.69. The molecule has 0 spiro atoms. The van der Waals surface area contributed by atoms with Gasteiger partial charge in [-0.3, -0.25) is 9.20 Å². The SMILES string of the molecule is CO[C@@H](C(=O)Nc1nc2ccc(F)cn2c1-c1ccc(OC(F)(F)F)cc1)c1ccccc1. The average molecular weight is 459 g/mol. The Morgan fingerprint density at radius 1 is 1.03 bits per heavy atom. The molecule has 2 aromatic heterocycles. The first-order chi connectivity index (χ1) is 15.7. The second-order valence-corrected chi connectivity index (χ2v) is 6.97. The molecule has 6 nitrogen and oxygen atoms in total. The lowest BCUT2D eigenvalue weighted by molar-refractivity contribution is -0.274. The summed E-state index contributed by atoms with van der Waals surface area (Å²) in [6, 6.07) is 16.4. The number of ether oxygens (including phenoxy) is 2. The number of fused-ring (bicyclic) bond motifs is 1. The van der Waals surface area contributed by atoms with E-state index in [0.29, 0.717) is 16.8 Å². The smallest absolute Gasteiger partial charge is 0.406 e. The highest BCUT2D eigenvalue weighted by atomic mass is 19.4. The van der Waals surface area contributed by atoms with Gasteiger partial charge in [0.05, 0.1) is 5.69 Å². The number of hydrogen-bond acceptors (Lipinski definition) is 4. The van der Waals surface area contributed by atoms with E-state index in [-0.39, 0.29) is 11.5 Å². The quantitative estimate of drug-likeness (QED) is 0.394. The second-order valence-electron chi connectivity index (χ2n) is 6.97. The molecule has 0 saturated heterocycles. The van der Waals surface area contributed by atoms with Crippen LogP contribution in [0.15, 0.2) is 72.9 Å². The Kier molecular flexibility index (Phi) is 6.01. The molecule has 0 radical (unpaired) electrons. The largest absolute Gasteiger partial charge is 0.573 e. The molecule has 0 bridgehead atoms. The van der Waals surface area contributed by atoms with Crippen LogP contribution in [0.1, 0.15) is 11.7 Å². The van der Waals surface area contributed by atoms with Gasteiger partial charge in [-0.15, -0.1) is 13.2 Å². The van der Waals surface area contributed by atoms with E-state index in [1.54, 1.807) is 30.3 Å². The van der Waals surface area contributed by atoms with Gasteiger partial charge in [0.2, 0.25) is 0 Å². The van der Waals surface area contributed by atoms with Crippen molar-refractivity contribution in [2.24, 2.45) is 0 Å². The van der Waals surface area contributed by atoms with E-state index in [2.05, 4.69) is 15.0 Å². The summed E-state index contributed by atoms with van der Waals surface area (Å²) >= 11 is 0. The minimum atomic E-state index is -4.83.